The Kier molecular flexibility index (Phi) is 51.0. The first-order valence-electron chi connectivity index (χ1n) is 28.1. The van der Waals surface area contributed by atoms with Crippen molar-refractivity contribution >= 4 is 25.7 Å². The maximum atomic E-state index is 12.9. The highest BCUT2D eigenvalue weighted by Gasteiger charge is 2.28. The Labute approximate surface area is 438 Å². The molecule has 0 fully saturated rings. The van der Waals surface area contributed by atoms with Gasteiger partial charge in [-0.2, -0.15) is 0 Å². The number of carbonyl (C=O) groups is 3. The topological polar surface area (TPSA) is 155 Å². The fraction of sp³-hybridized carbons (Fsp3) is 0.683. The van der Waals surface area contributed by atoms with E-state index in [9.17, 15) is 28.9 Å². The fourth-order valence-corrected chi connectivity index (χ4v) is 8.01. The van der Waals surface area contributed by atoms with Crippen LogP contribution >= 0.6 is 7.82 Å². The van der Waals surface area contributed by atoms with E-state index < -0.39 is 57.8 Å². The van der Waals surface area contributed by atoms with E-state index >= 15 is 0 Å². The fourth-order valence-electron chi connectivity index (χ4n) is 7.23. The molecule has 0 radical (unpaired) electrons. The molecule has 0 aliphatic heterocycles. The van der Waals surface area contributed by atoms with Gasteiger partial charge in [-0.3, -0.25) is 23.4 Å². The van der Waals surface area contributed by atoms with Gasteiger partial charge in [-0.05, 0) is 96.3 Å². The van der Waals surface area contributed by atoms with E-state index in [-0.39, 0.29) is 25.9 Å². The summed E-state index contributed by atoms with van der Waals surface area (Å²) in [4.78, 5) is 48.4. The summed E-state index contributed by atoms with van der Waals surface area (Å²) in [5.41, 5.74) is 0. The number of aliphatic hydroxyl groups excluding tert-OH is 1. The Hall–Kier alpha value is -3.60. The minimum Gasteiger partial charge on any atom is -0.462 e. The lowest BCUT2D eigenvalue weighted by molar-refractivity contribution is -0.160. The zero-order chi connectivity index (χ0) is 52.7. The van der Waals surface area contributed by atoms with E-state index in [0.717, 1.165) is 103 Å². The molecule has 3 unspecified atom stereocenters. The average Bonchev–Trinajstić information content (AvgIpc) is 3.37. The molecule has 0 aromatic carbocycles. The summed E-state index contributed by atoms with van der Waals surface area (Å²) in [5, 5.41) is 9.79. The first-order chi connectivity index (χ1) is 35.2. The number of phosphoric ester groups is 1. The Bertz CT molecular complexity index is 1580. The van der Waals surface area contributed by atoms with Crippen molar-refractivity contribution in [1.82, 2.24) is 0 Å². The van der Waals surface area contributed by atoms with Crippen LogP contribution in [0.25, 0.3) is 0 Å². The molecule has 0 aromatic heterocycles. The first-order valence-corrected chi connectivity index (χ1v) is 29.6. The van der Waals surface area contributed by atoms with Gasteiger partial charge in [0.2, 0.25) is 0 Å². The molecule has 12 heteroatoms. The molecule has 0 rings (SSSR count). The van der Waals surface area contributed by atoms with E-state index in [2.05, 4.69) is 93.7 Å². The van der Waals surface area contributed by atoms with Crippen molar-refractivity contribution in [3.8, 4) is 0 Å². The summed E-state index contributed by atoms with van der Waals surface area (Å²) < 4.78 is 39.3. The van der Waals surface area contributed by atoms with Crippen LogP contribution in [0.3, 0.4) is 0 Å². The van der Waals surface area contributed by atoms with Gasteiger partial charge in [0.05, 0.1) is 26.2 Å². The Balaban J connectivity index is 4.85. The first kappa shape index (κ1) is 68.4. The minimum absolute atomic E-state index is 0.0696. The zero-order valence-electron chi connectivity index (χ0n) is 45.4. The summed E-state index contributed by atoms with van der Waals surface area (Å²) >= 11 is 0. The van der Waals surface area contributed by atoms with Gasteiger partial charge in [-0.15, -0.1) is 0 Å². The van der Waals surface area contributed by atoms with Gasteiger partial charge in [-0.25, -0.2) is 4.57 Å². The van der Waals surface area contributed by atoms with Crippen LogP contribution in [0.5, 0.6) is 0 Å². The lowest BCUT2D eigenvalue weighted by Gasteiger charge is -2.21. The lowest BCUT2D eigenvalue weighted by atomic mass is 10.1. The molecule has 0 bridgehead atoms. The average molecular weight is 1030 g/mol. The molecular formula is C60H101O11P. The molecule has 0 saturated carbocycles. The van der Waals surface area contributed by atoms with E-state index in [1.807, 2.05) is 18.2 Å². The van der Waals surface area contributed by atoms with Gasteiger partial charge in [-0.1, -0.05) is 208 Å². The number of hydrogen-bond donors (Lipinski definition) is 2. The third kappa shape index (κ3) is 51.3. The van der Waals surface area contributed by atoms with Crippen LogP contribution in [0, 0.1) is 0 Å². The Morgan fingerprint density at radius 3 is 1.29 bits per heavy atom. The number of hydrogen-bond acceptors (Lipinski definition) is 10. The molecule has 0 aromatic rings. The summed E-state index contributed by atoms with van der Waals surface area (Å²) in [6.07, 6.45) is 62.6. The van der Waals surface area contributed by atoms with Gasteiger partial charge in [0, 0.05) is 12.8 Å². The third-order valence-electron chi connectivity index (χ3n) is 11.5. The summed E-state index contributed by atoms with van der Waals surface area (Å²) in [5.74, 6) is -1.64. The van der Waals surface area contributed by atoms with Crippen molar-refractivity contribution in [2.45, 2.75) is 238 Å². The van der Waals surface area contributed by atoms with Crippen LogP contribution in [0.1, 0.15) is 226 Å². The van der Waals surface area contributed by atoms with Gasteiger partial charge in [0.15, 0.2) is 6.10 Å². The molecule has 0 heterocycles. The largest absolute Gasteiger partial charge is 0.472 e. The van der Waals surface area contributed by atoms with Gasteiger partial charge >= 0.3 is 25.7 Å². The van der Waals surface area contributed by atoms with Crippen LogP contribution in [-0.4, -0.2) is 66.5 Å². The third-order valence-corrected chi connectivity index (χ3v) is 12.4. The number of unbranched alkanes of at least 4 members (excludes halogenated alkanes) is 19. The maximum Gasteiger partial charge on any atom is 0.472 e. The van der Waals surface area contributed by atoms with E-state index in [1.165, 1.54) is 64.2 Å². The number of carbonyl (C=O) groups excluding carboxylic acids is 3. The molecule has 2 N–H and O–H groups in total. The minimum atomic E-state index is -4.78. The van der Waals surface area contributed by atoms with Crippen LogP contribution in [0.2, 0.25) is 0 Å². The molecular weight excluding hydrogens is 928 g/mol. The monoisotopic (exact) mass is 1030 g/mol. The van der Waals surface area contributed by atoms with Gasteiger partial charge < -0.3 is 24.2 Å². The SMILES string of the molecule is CC/C=C\C/C=C\C/C=C\C/C=C\C/C=C\CC(=O)OC(COC(=O)CCCCCCCCC/C=C\CCCCCCCC)COP(=O)(O)OCC(CO)OC(=O)CCCCCCC/C=C\C/C=C\CCC. The van der Waals surface area contributed by atoms with Crippen molar-refractivity contribution in [2.75, 3.05) is 26.4 Å². The highest BCUT2D eigenvalue weighted by molar-refractivity contribution is 7.47. The standard InChI is InChI=1S/C60H101O11P/c1-4-7-10-13-16-19-22-25-27-28-30-32-34-37-40-43-46-49-58(62)67-53-57(71-60(64)51-48-45-42-39-36-33-29-26-23-20-17-14-11-8-5-2)55-69-72(65,66)68-54-56(52-61)70-59(63)50-47-44-41-38-35-31-24-21-18-15-12-9-6-3/h8,11-12,15,17,20-21,24-27,29,36,39,45,48,56-57,61H,4-7,9-10,13-14,16,18-19,22-23,28,30-35,37-38,40-44,46-47,49-55H2,1-3H3,(H,65,66)/b11-8-,15-12-,20-17-,24-21-,27-25-,29-26-,39-36-,48-45-. The summed E-state index contributed by atoms with van der Waals surface area (Å²) in [7, 11) is -4.78. The lowest BCUT2D eigenvalue weighted by Crippen LogP contribution is -2.30. The molecule has 0 saturated heterocycles. The van der Waals surface area contributed by atoms with E-state index in [1.54, 1.807) is 6.08 Å². The molecule has 0 spiro atoms. The number of allylic oxidation sites excluding steroid dienone is 15. The molecule has 3 atom stereocenters. The van der Waals surface area contributed by atoms with E-state index in [4.69, 9.17) is 23.3 Å². The molecule has 0 amide bonds. The Morgan fingerprint density at radius 2 is 0.806 bits per heavy atom. The van der Waals surface area contributed by atoms with Crippen LogP contribution in [0.15, 0.2) is 97.2 Å². The number of aliphatic hydroxyl groups is 1. The summed E-state index contributed by atoms with van der Waals surface area (Å²) in [6.45, 7) is 4.32. The highest BCUT2D eigenvalue weighted by atomic mass is 31.2. The second kappa shape index (κ2) is 53.7. The van der Waals surface area contributed by atoms with Crippen molar-refractivity contribution < 1.29 is 52.2 Å². The quantitative estimate of drug-likeness (QED) is 0.0197. The second-order valence-corrected chi connectivity index (χ2v) is 19.8. The molecule has 0 aliphatic carbocycles. The molecule has 11 nitrogen and oxygen atoms in total. The zero-order valence-corrected chi connectivity index (χ0v) is 46.3. The van der Waals surface area contributed by atoms with E-state index in [0.29, 0.717) is 19.3 Å². The van der Waals surface area contributed by atoms with Crippen molar-refractivity contribution in [1.29, 1.82) is 0 Å². The predicted octanol–water partition coefficient (Wildman–Crippen LogP) is 16.5. The number of rotatable bonds is 51. The van der Waals surface area contributed by atoms with Gasteiger partial charge in [0.25, 0.3) is 0 Å². The second-order valence-electron chi connectivity index (χ2n) is 18.4. The van der Waals surface area contributed by atoms with Crippen molar-refractivity contribution in [2.24, 2.45) is 0 Å². The molecule has 0 aliphatic rings. The van der Waals surface area contributed by atoms with Crippen molar-refractivity contribution in [3.05, 3.63) is 97.2 Å². The highest BCUT2D eigenvalue weighted by Crippen LogP contribution is 2.43. The Morgan fingerprint density at radius 1 is 0.417 bits per heavy atom. The molecule has 412 valence electrons. The van der Waals surface area contributed by atoms with Gasteiger partial charge in [0.1, 0.15) is 12.7 Å². The van der Waals surface area contributed by atoms with Crippen molar-refractivity contribution in [3.63, 3.8) is 0 Å². The smallest absolute Gasteiger partial charge is 0.462 e. The van der Waals surface area contributed by atoms with Crippen LogP contribution in [0.4, 0.5) is 0 Å². The summed E-state index contributed by atoms with van der Waals surface area (Å²) in [6, 6.07) is 0. The normalized spacial score (nSPS) is 14.1. The number of ether oxygens (including phenoxy) is 3. The van der Waals surface area contributed by atoms with Crippen LogP contribution in [-0.2, 0) is 42.2 Å². The number of phosphoric acid groups is 1. The number of esters is 3. The molecule has 72 heavy (non-hydrogen) atoms. The van der Waals surface area contributed by atoms with Crippen LogP contribution < -0.4 is 0 Å². The maximum absolute atomic E-state index is 12.9. The predicted molar refractivity (Wildman–Crippen MR) is 297 cm³/mol.